The van der Waals surface area contributed by atoms with E-state index in [0.717, 1.165) is 37.3 Å². The molecule has 2 fully saturated rings. The molecule has 4 rings (SSSR count). The molecular weight excluding hydrogens is 376 g/mol. The maximum atomic E-state index is 12.5. The van der Waals surface area contributed by atoms with Gasteiger partial charge >= 0.3 is 6.03 Å². The second-order valence-electron chi connectivity index (χ2n) is 8.12. The molecule has 0 aliphatic carbocycles. The van der Waals surface area contributed by atoms with Gasteiger partial charge in [-0.2, -0.15) is 0 Å². The second kappa shape index (κ2) is 9.76. The van der Waals surface area contributed by atoms with Gasteiger partial charge in [-0.25, -0.2) is 4.79 Å². The van der Waals surface area contributed by atoms with Gasteiger partial charge in [0.1, 0.15) is 0 Å². The molecule has 2 aromatic carbocycles. The normalized spacial score (nSPS) is 17.9. The molecule has 3 amide bonds. The number of amides is 3. The van der Waals surface area contributed by atoms with Crippen LogP contribution in [-0.4, -0.2) is 47.9 Å². The minimum atomic E-state index is -0.197. The Morgan fingerprint density at radius 3 is 2.33 bits per heavy atom. The first-order chi connectivity index (χ1) is 14.7. The Hall–Kier alpha value is -2.86. The summed E-state index contributed by atoms with van der Waals surface area (Å²) in [5.41, 5.74) is 3.07. The van der Waals surface area contributed by atoms with Gasteiger partial charge in [0.2, 0.25) is 5.91 Å². The van der Waals surface area contributed by atoms with E-state index in [9.17, 15) is 9.59 Å². The summed E-state index contributed by atoms with van der Waals surface area (Å²) in [7, 11) is 0. The first-order valence-electron chi connectivity index (χ1n) is 10.9. The molecule has 0 saturated carbocycles. The zero-order valence-electron chi connectivity index (χ0n) is 17.3. The van der Waals surface area contributed by atoms with Gasteiger partial charge in [-0.3, -0.25) is 9.69 Å². The molecule has 2 aliphatic heterocycles. The number of likely N-dealkylation sites (tertiary alicyclic amines) is 2. The lowest BCUT2D eigenvalue weighted by molar-refractivity contribution is -0.128. The van der Waals surface area contributed by atoms with Crippen molar-refractivity contribution in [1.29, 1.82) is 0 Å². The lowest BCUT2D eigenvalue weighted by Gasteiger charge is -2.28. The zero-order valence-corrected chi connectivity index (χ0v) is 17.3. The number of hydrogen-bond acceptors (Lipinski definition) is 3. The maximum absolute atomic E-state index is 12.5. The quantitative estimate of drug-likeness (QED) is 0.736. The molecule has 6 nitrogen and oxygen atoms in total. The Labute approximate surface area is 178 Å². The fourth-order valence-corrected chi connectivity index (χ4v) is 4.34. The van der Waals surface area contributed by atoms with Crippen LogP contribution >= 0.6 is 0 Å². The minimum absolute atomic E-state index is 0.194. The summed E-state index contributed by atoms with van der Waals surface area (Å²) in [6, 6.07) is 18.1. The highest BCUT2D eigenvalue weighted by Gasteiger charge is 2.24. The van der Waals surface area contributed by atoms with Crippen LogP contribution < -0.4 is 10.6 Å². The number of nitrogens with one attached hydrogen (secondary N) is 2. The van der Waals surface area contributed by atoms with Crippen molar-refractivity contribution in [2.24, 2.45) is 0 Å². The molecule has 2 saturated heterocycles. The van der Waals surface area contributed by atoms with Crippen molar-refractivity contribution < 1.29 is 9.59 Å². The average molecular weight is 407 g/mol. The molecule has 1 unspecified atom stereocenters. The first-order valence-corrected chi connectivity index (χ1v) is 10.9. The van der Waals surface area contributed by atoms with Gasteiger partial charge in [-0.15, -0.1) is 0 Å². The van der Waals surface area contributed by atoms with Gasteiger partial charge < -0.3 is 15.5 Å². The van der Waals surface area contributed by atoms with Crippen LogP contribution in [-0.2, 0) is 11.3 Å². The predicted molar refractivity (Wildman–Crippen MR) is 118 cm³/mol. The number of carbonyl (C=O) groups excluding carboxylic acids is 2. The van der Waals surface area contributed by atoms with E-state index in [1.165, 1.54) is 18.4 Å². The Bertz CT molecular complexity index is 847. The van der Waals surface area contributed by atoms with Gasteiger partial charge in [-0.05, 0) is 55.6 Å². The monoisotopic (exact) mass is 406 g/mol. The minimum Gasteiger partial charge on any atom is -0.338 e. The molecule has 2 aromatic rings. The van der Waals surface area contributed by atoms with Gasteiger partial charge in [-0.1, -0.05) is 42.5 Å². The lowest BCUT2D eigenvalue weighted by atomic mass is 10.1. The summed E-state index contributed by atoms with van der Waals surface area (Å²) < 4.78 is 0. The highest BCUT2D eigenvalue weighted by molar-refractivity contribution is 5.89. The van der Waals surface area contributed by atoms with E-state index < -0.39 is 0 Å². The SMILES string of the molecule is O=C(NCC(c1ccccc1)N1CCCC1)Nc1ccc(CN2CCCC2=O)cc1. The third kappa shape index (κ3) is 5.19. The zero-order chi connectivity index (χ0) is 20.8. The second-order valence-corrected chi connectivity index (χ2v) is 8.12. The van der Waals surface area contributed by atoms with Gasteiger partial charge in [0, 0.05) is 31.7 Å². The van der Waals surface area contributed by atoms with Gasteiger partial charge in [0.15, 0.2) is 0 Å². The third-order valence-electron chi connectivity index (χ3n) is 5.98. The average Bonchev–Trinajstić information content (AvgIpc) is 3.43. The molecule has 2 N–H and O–H groups in total. The van der Waals surface area contributed by atoms with Crippen LogP contribution in [0.2, 0.25) is 0 Å². The Morgan fingerprint density at radius 1 is 0.933 bits per heavy atom. The molecule has 1 atom stereocenters. The fourth-order valence-electron chi connectivity index (χ4n) is 4.34. The lowest BCUT2D eigenvalue weighted by Crippen LogP contribution is -2.38. The molecule has 2 aliphatic rings. The predicted octanol–water partition coefficient (Wildman–Crippen LogP) is 3.77. The summed E-state index contributed by atoms with van der Waals surface area (Å²) in [5, 5.41) is 5.96. The number of anilines is 1. The van der Waals surface area contributed by atoms with Crippen molar-refractivity contribution in [1.82, 2.24) is 15.1 Å². The van der Waals surface area contributed by atoms with E-state index >= 15 is 0 Å². The van der Waals surface area contributed by atoms with Gasteiger partial charge in [0.25, 0.3) is 0 Å². The topological polar surface area (TPSA) is 64.7 Å². The van der Waals surface area contributed by atoms with Gasteiger partial charge in [0.05, 0.1) is 6.04 Å². The van der Waals surface area contributed by atoms with E-state index in [-0.39, 0.29) is 18.0 Å². The summed E-state index contributed by atoms with van der Waals surface area (Å²) in [4.78, 5) is 28.6. The van der Waals surface area contributed by atoms with E-state index in [4.69, 9.17) is 0 Å². The largest absolute Gasteiger partial charge is 0.338 e. The number of urea groups is 1. The van der Waals surface area contributed by atoms with Crippen LogP contribution in [0.3, 0.4) is 0 Å². The van der Waals surface area contributed by atoms with Crippen LogP contribution in [0.15, 0.2) is 54.6 Å². The molecule has 0 bridgehead atoms. The number of nitrogens with zero attached hydrogens (tertiary/aromatic N) is 2. The first kappa shape index (κ1) is 20.4. The molecule has 2 heterocycles. The summed E-state index contributed by atoms with van der Waals surface area (Å²) in [6.45, 7) is 4.19. The van der Waals surface area contributed by atoms with Crippen molar-refractivity contribution in [2.75, 3.05) is 31.5 Å². The third-order valence-corrected chi connectivity index (χ3v) is 5.98. The molecule has 30 heavy (non-hydrogen) atoms. The van der Waals surface area contributed by atoms with E-state index in [1.54, 1.807) is 0 Å². The highest BCUT2D eigenvalue weighted by atomic mass is 16.2. The van der Waals surface area contributed by atoms with E-state index in [1.807, 2.05) is 35.2 Å². The summed E-state index contributed by atoms with van der Waals surface area (Å²) >= 11 is 0. The number of carbonyl (C=O) groups is 2. The van der Waals surface area contributed by atoms with Crippen molar-refractivity contribution in [2.45, 2.75) is 38.3 Å². The van der Waals surface area contributed by atoms with E-state index in [2.05, 4.69) is 39.8 Å². The number of hydrogen-bond donors (Lipinski definition) is 2. The van der Waals surface area contributed by atoms with Crippen LogP contribution in [0.1, 0.15) is 42.9 Å². The molecular formula is C24H30N4O2. The van der Waals surface area contributed by atoms with Crippen LogP contribution in [0.5, 0.6) is 0 Å². The van der Waals surface area contributed by atoms with Crippen LogP contribution in [0, 0.1) is 0 Å². The van der Waals surface area contributed by atoms with Crippen LogP contribution in [0.25, 0.3) is 0 Å². The Balaban J connectivity index is 1.30. The Morgan fingerprint density at radius 2 is 1.67 bits per heavy atom. The van der Waals surface area contributed by atoms with Crippen molar-refractivity contribution in [3.8, 4) is 0 Å². The van der Waals surface area contributed by atoms with Crippen molar-refractivity contribution in [3.63, 3.8) is 0 Å². The molecule has 0 aromatic heterocycles. The van der Waals surface area contributed by atoms with Crippen molar-refractivity contribution in [3.05, 3.63) is 65.7 Å². The highest BCUT2D eigenvalue weighted by Crippen LogP contribution is 2.24. The smallest absolute Gasteiger partial charge is 0.319 e. The summed E-state index contributed by atoms with van der Waals surface area (Å²) in [6.07, 6.45) is 4.02. The fraction of sp³-hybridized carbons (Fsp3) is 0.417. The Kier molecular flexibility index (Phi) is 6.64. The molecule has 6 heteroatoms. The molecule has 0 radical (unpaired) electrons. The standard InChI is InChI=1S/C24H30N4O2/c29-23-9-6-16-28(23)18-19-10-12-21(13-11-19)26-24(30)25-17-22(27-14-4-5-15-27)20-7-2-1-3-8-20/h1-3,7-8,10-13,22H,4-6,9,14-18H2,(H2,25,26,30). The number of rotatable bonds is 7. The number of benzene rings is 2. The van der Waals surface area contributed by atoms with E-state index in [0.29, 0.717) is 19.5 Å². The maximum Gasteiger partial charge on any atom is 0.319 e. The summed E-state index contributed by atoms with van der Waals surface area (Å²) in [5.74, 6) is 0.225. The molecule has 158 valence electrons. The van der Waals surface area contributed by atoms with Crippen LogP contribution in [0.4, 0.5) is 10.5 Å². The van der Waals surface area contributed by atoms with Crippen molar-refractivity contribution >= 4 is 17.6 Å². The molecule has 0 spiro atoms.